The number of carbonyl (C=O) groups is 1. The molecule has 3 rings (SSSR count). The molecule has 5 nitrogen and oxygen atoms in total. The number of H-pyrrole nitrogens is 1. The predicted molar refractivity (Wildman–Crippen MR) is 99.5 cm³/mol. The van der Waals surface area contributed by atoms with E-state index in [1.54, 1.807) is 19.1 Å². The van der Waals surface area contributed by atoms with Crippen molar-refractivity contribution in [2.75, 3.05) is 0 Å². The number of esters is 1. The van der Waals surface area contributed by atoms with Crippen LogP contribution in [0.25, 0.3) is 10.2 Å². The fraction of sp³-hybridized carbons (Fsp3) is 0.316. The van der Waals surface area contributed by atoms with E-state index in [9.17, 15) is 9.59 Å². The van der Waals surface area contributed by atoms with Crippen molar-refractivity contribution in [2.45, 2.75) is 40.7 Å². The number of nitrogens with one attached hydrogen (secondary N) is 1. The number of thiophene rings is 1. The van der Waals surface area contributed by atoms with E-state index in [0.717, 1.165) is 21.6 Å². The third-order valence-electron chi connectivity index (χ3n) is 4.47. The summed E-state index contributed by atoms with van der Waals surface area (Å²) in [7, 11) is 0. The number of rotatable bonds is 3. The normalized spacial score (nSPS) is 12.4. The highest BCUT2D eigenvalue weighted by Gasteiger charge is 2.19. The van der Waals surface area contributed by atoms with Crippen LogP contribution in [0.4, 0.5) is 0 Å². The second-order valence-corrected chi connectivity index (χ2v) is 7.46. The van der Waals surface area contributed by atoms with Crippen molar-refractivity contribution in [2.24, 2.45) is 0 Å². The van der Waals surface area contributed by atoms with Gasteiger partial charge in [0.2, 0.25) is 0 Å². The molecule has 0 bridgehead atoms. The third-order valence-corrected chi connectivity index (χ3v) is 5.57. The van der Waals surface area contributed by atoms with Gasteiger partial charge in [-0.3, -0.25) is 4.79 Å². The first kappa shape index (κ1) is 17.4. The number of carbonyl (C=O) groups excluding carboxylic acids is 1. The Bertz CT molecular complexity index is 1030. The lowest BCUT2D eigenvalue weighted by Gasteiger charge is -2.13. The van der Waals surface area contributed by atoms with Gasteiger partial charge in [-0.2, -0.15) is 0 Å². The molecule has 0 spiro atoms. The van der Waals surface area contributed by atoms with Gasteiger partial charge in [0.15, 0.2) is 11.9 Å². The topological polar surface area (TPSA) is 72.0 Å². The van der Waals surface area contributed by atoms with Crippen LogP contribution in [-0.2, 0) is 4.74 Å². The zero-order valence-corrected chi connectivity index (χ0v) is 15.7. The lowest BCUT2D eigenvalue weighted by molar-refractivity contribution is 0.0320. The van der Waals surface area contributed by atoms with Crippen LogP contribution in [0.3, 0.4) is 0 Å². The number of benzene rings is 1. The van der Waals surface area contributed by atoms with Gasteiger partial charge >= 0.3 is 5.97 Å². The van der Waals surface area contributed by atoms with E-state index in [1.165, 1.54) is 11.3 Å². The predicted octanol–water partition coefficient (Wildman–Crippen LogP) is 4.14. The van der Waals surface area contributed by atoms with Crippen molar-refractivity contribution in [1.82, 2.24) is 9.97 Å². The maximum absolute atomic E-state index is 12.4. The first-order valence-electron chi connectivity index (χ1n) is 8.06. The van der Waals surface area contributed by atoms with E-state index in [2.05, 4.69) is 9.97 Å². The van der Waals surface area contributed by atoms with Crippen molar-refractivity contribution in [3.8, 4) is 0 Å². The maximum atomic E-state index is 12.4. The maximum Gasteiger partial charge on any atom is 0.338 e. The summed E-state index contributed by atoms with van der Waals surface area (Å²) in [6, 6.07) is 5.43. The molecule has 3 aromatic rings. The van der Waals surface area contributed by atoms with E-state index in [1.807, 2.05) is 33.8 Å². The number of fused-ring (bicyclic) bond motifs is 1. The molecular weight excluding hydrogens is 336 g/mol. The molecule has 0 amide bonds. The molecule has 1 atom stereocenters. The van der Waals surface area contributed by atoms with Crippen LogP contribution in [0.5, 0.6) is 0 Å². The summed E-state index contributed by atoms with van der Waals surface area (Å²) in [5.74, 6) is -0.0761. The number of aromatic nitrogens is 2. The van der Waals surface area contributed by atoms with E-state index in [-0.39, 0.29) is 5.56 Å². The molecule has 6 heteroatoms. The first-order valence-corrected chi connectivity index (χ1v) is 8.87. The van der Waals surface area contributed by atoms with Crippen molar-refractivity contribution in [3.05, 3.63) is 61.5 Å². The number of aromatic amines is 1. The molecule has 2 aromatic heterocycles. The summed E-state index contributed by atoms with van der Waals surface area (Å²) in [6.07, 6.45) is -0.645. The number of hydrogen-bond donors (Lipinski definition) is 1. The highest BCUT2D eigenvalue weighted by atomic mass is 32.1. The third kappa shape index (κ3) is 3.22. The molecule has 1 N–H and O–H groups in total. The highest BCUT2D eigenvalue weighted by Crippen LogP contribution is 2.27. The van der Waals surface area contributed by atoms with Crippen LogP contribution in [0.1, 0.15) is 50.8 Å². The minimum Gasteiger partial charge on any atom is -0.451 e. The van der Waals surface area contributed by atoms with Gasteiger partial charge in [-0.25, -0.2) is 9.78 Å². The molecule has 0 unspecified atom stereocenters. The average molecular weight is 356 g/mol. The molecule has 0 saturated heterocycles. The summed E-state index contributed by atoms with van der Waals surface area (Å²) in [6.45, 7) is 9.51. The van der Waals surface area contributed by atoms with E-state index < -0.39 is 12.1 Å². The fourth-order valence-corrected chi connectivity index (χ4v) is 3.65. The van der Waals surface area contributed by atoms with Crippen LogP contribution in [0.2, 0.25) is 0 Å². The Morgan fingerprint density at radius 3 is 2.60 bits per heavy atom. The quantitative estimate of drug-likeness (QED) is 0.716. The minimum atomic E-state index is -0.645. The number of nitrogens with zero attached hydrogens (tertiary/aromatic N) is 1. The van der Waals surface area contributed by atoms with Crippen LogP contribution >= 0.6 is 11.3 Å². The Labute approximate surface area is 149 Å². The number of hydrogen-bond acceptors (Lipinski definition) is 5. The molecule has 25 heavy (non-hydrogen) atoms. The minimum absolute atomic E-state index is 0.198. The largest absolute Gasteiger partial charge is 0.451 e. The number of aryl methyl sites for hydroxylation is 4. The summed E-state index contributed by atoms with van der Waals surface area (Å²) in [4.78, 5) is 33.7. The van der Waals surface area contributed by atoms with Gasteiger partial charge in [0.25, 0.3) is 5.56 Å². The van der Waals surface area contributed by atoms with Gasteiger partial charge in [-0.05, 0) is 63.4 Å². The molecule has 0 aliphatic heterocycles. The second-order valence-electron chi connectivity index (χ2n) is 6.26. The molecule has 0 saturated carbocycles. The van der Waals surface area contributed by atoms with Crippen molar-refractivity contribution < 1.29 is 9.53 Å². The zero-order valence-electron chi connectivity index (χ0n) is 14.9. The molecule has 0 radical (unpaired) electrons. The van der Waals surface area contributed by atoms with Gasteiger partial charge in [0.1, 0.15) is 4.83 Å². The lowest BCUT2D eigenvalue weighted by atomic mass is 10.1. The Kier molecular flexibility index (Phi) is 4.47. The Morgan fingerprint density at radius 2 is 1.92 bits per heavy atom. The van der Waals surface area contributed by atoms with Gasteiger partial charge in [0, 0.05) is 4.88 Å². The number of ether oxygens (including phenoxy) is 1. The Hall–Kier alpha value is -2.47. The van der Waals surface area contributed by atoms with Crippen molar-refractivity contribution in [3.63, 3.8) is 0 Å². The summed E-state index contributed by atoms with van der Waals surface area (Å²) >= 11 is 1.47. The molecule has 0 aliphatic rings. The van der Waals surface area contributed by atoms with Crippen LogP contribution in [-0.4, -0.2) is 15.9 Å². The van der Waals surface area contributed by atoms with Crippen LogP contribution in [0, 0.1) is 27.7 Å². The zero-order chi connectivity index (χ0) is 18.3. The Morgan fingerprint density at radius 1 is 1.20 bits per heavy atom. The standard InChI is InChI=1S/C19H20N2O3S/c1-9-6-7-14(8-10(9)2)19(23)24-12(4)16-20-17(22)15-11(3)13(5)25-18(15)21-16/h6-8,12H,1-5H3,(H,20,21,22)/t12-/m0/s1. The van der Waals surface area contributed by atoms with Crippen LogP contribution < -0.4 is 5.56 Å². The molecule has 2 heterocycles. The molecule has 0 aliphatic carbocycles. The molecule has 1 aromatic carbocycles. The lowest BCUT2D eigenvalue weighted by Crippen LogP contribution is -2.17. The van der Waals surface area contributed by atoms with E-state index in [0.29, 0.717) is 21.6 Å². The summed E-state index contributed by atoms with van der Waals surface area (Å²) in [5, 5.41) is 0.610. The molecule has 0 fully saturated rings. The smallest absolute Gasteiger partial charge is 0.338 e. The monoisotopic (exact) mass is 356 g/mol. The highest BCUT2D eigenvalue weighted by molar-refractivity contribution is 7.18. The van der Waals surface area contributed by atoms with Gasteiger partial charge in [-0.15, -0.1) is 11.3 Å². The van der Waals surface area contributed by atoms with E-state index in [4.69, 9.17) is 4.74 Å². The first-order chi connectivity index (χ1) is 11.8. The van der Waals surface area contributed by atoms with Crippen molar-refractivity contribution in [1.29, 1.82) is 0 Å². The van der Waals surface area contributed by atoms with Gasteiger partial charge < -0.3 is 9.72 Å². The molecular formula is C19H20N2O3S. The summed E-state index contributed by atoms with van der Waals surface area (Å²) in [5.41, 5.74) is 3.38. The average Bonchev–Trinajstić information content (AvgIpc) is 2.84. The van der Waals surface area contributed by atoms with Crippen molar-refractivity contribution >= 4 is 27.5 Å². The van der Waals surface area contributed by atoms with Crippen LogP contribution in [0.15, 0.2) is 23.0 Å². The van der Waals surface area contributed by atoms with Gasteiger partial charge in [-0.1, -0.05) is 6.07 Å². The fourth-order valence-electron chi connectivity index (χ4n) is 2.62. The SMILES string of the molecule is Cc1ccc(C(=O)O[C@@H](C)c2nc3sc(C)c(C)c3c(=O)[nH]2)cc1C. The molecule has 130 valence electrons. The van der Waals surface area contributed by atoms with E-state index >= 15 is 0 Å². The second kappa shape index (κ2) is 6.44. The van der Waals surface area contributed by atoms with Gasteiger partial charge in [0.05, 0.1) is 10.9 Å². The Balaban J connectivity index is 1.89. The summed E-state index contributed by atoms with van der Waals surface area (Å²) < 4.78 is 5.49.